The van der Waals surface area contributed by atoms with E-state index in [1.165, 1.54) is 0 Å². The van der Waals surface area contributed by atoms with E-state index < -0.39 is 0 Å². The van der Waals surface area contributed by atoms with Gasteiger partial charge in [-0.1, -0.05) is 0 Å². The first-order valence-corrected chi connectivity index (χ1v) is 5.67. The second-order valence-corrected chi connectivity index (χ2v) is 5.24. The first-order valence-electron chi connectivity index (χ1n) is 4.79. The predicted octanol–water partition coefficient (Wildman–Crippen LogP) is 1.82. The Morgan fingerprint density at radius 2 is 2.27 bits per heavy atom. The van der Waals surface area contributed by atoms with Crippen LogP contribution in [0.4, 0.5) is 0 Å². The van der Waals surface area contributed by atoms with E-state index in [4.69, 9.17) is 5.26 Å². The number of aliphatic hydroxyl groups is 1. The minimum absolute atomic E-state index is 0.125. The van der Waals surface area contributed by atoms with Gasteiger partial charge in [-0.05, 0) is 27.0 Å². The van der Waals surface area contributed by atoms with Crippen LogP contribution in [0, 0.1) is 11.3 Å². The van der Waals surface area contributed by atoms with Gasteiger partial charge in [0.25, 0.3) is 0 Å². The van der Waals surface area contributed by atoms with Crippen molar-refractivity contribution in [2.24, 2.45) is 0 Å². The number of likely N-dealkylation sites (N-methyl/N-ethyl adjacent to an activating group) is 1. The number of nitriles is 1. The van der Waals surface area contributed by atoms with Crippen molar-refractivity contribution in [3.05, 3.63) is 21.9 Å². The quantitative estimate of drug-likeness (QED) is 0.848. The topological polar surface area (TPSA) is 47.3 Å². The summed E-state index contributed by atoms with van der Waals surface area (Å²) in [4.78, 5) is 3.23. The molecule has 1 aromatic heterocycles. The summed E-state index contributed by atoms with van der Waals surface area (Å²) >= 11 is 1.58. The molecule has 0 bridgehead atoms. The molecule has 0 aliphatic rings. The molecular formula is C11H16N2OS. The van der Waals surface area contributed by atoms with Gasteiger partial charge in [0.1, 0.15) is 6.07 Å². The van der Waals surface area contributed by atoms with Crippen molar-refractivity contribution < 1.29 is 5.11 Å². The third-order valence-corrected chi connectivity index (χ3v) is 3.52. The maximum absolute atomic E-state index is 9.20. The highest BCUT2D eigenvalue weighted by atomic mass is 32.1. The van der Waals surface area contributed by atoms with Crippen LogP contribution in [0.5, 0.6) is 0 Å². The second-order valence-electron chi connectivity index (χ2n) is 4.24. The normalized spacial score (nSPS) is 11.7. The summed E-state index contributed by atoms with van der Waals surface area (Å²) in [5.74, 6) is 0. The molecular weight excluding hydrogens is 208 g/mol. The molecule has 4 heteroatoms. The van der Waals surface area contributed by atoms with Gasteiger partial charge in [-0.15, -0.1) is 11.3 Å². The smallest absolute Gasteiger partial charge is 0.100 e. The maximum atomic E-state index is 9.20. The molecule has 1 N–H and O–H groups in total. The predicted molar refractivity (Wildman–Crippen MR) is 61.7 cm³/mol. The summed E-state index contributed by atoms with van der Waals surface area (Å²) in [5, 5.41) is 19.8. The highest BCUT2D eigenvalue weighted by molar-refractivity contribution is 7.10. The molecule has 0 amide bonds. The molecule has 0 unspecified atom stereocenters. The number of rotatable bonds is 4. The Balaban J connectivity index is 2.67. The lowest BCUT2D eigenvalue weighted by molar-refractivity contribution is 0.0741. The van der Waals surface area contributed by atoms with Crippen molar-refractivity contribution in [3.8, 4) is 6.07 Å². The van der Waals surface area contributed by atoms with Crippen LogP contribution in [0.15, 0.2) is 11.4 Å². The minimum atomic E-state index is -0.225. The Morgan fingerprint density at radius 1 is 1.60 bits per heavy atom. The van der Waals surface area contributed by atoms with Gasteiger partial charge in [0.05, 0.1) is 12.2 Å². The zero-order valence-corrected chi connectivity index (χ0v) is 10.1. The molecule has 3 nitrogen and oxygen atoms in total. The van der Waals surface area contributed by atoms with Gasteiger partial charge in [-0.3, -0.25) is 4.90 Å². The van der Waals surface area contributed by atoms with Crippen molar-refractivity contribution in [1.29, 1.82) is 5.26 Å². The number of thiophene rings is 1. The zero-order valence-electron chi connectivity index (χ0n) is 9.32. The average molecular weight is 224 g/mol. The van der Waals surface area contributed by atoms with Crippen LogP contribution >= 0.6 is 11.3 Å². The lowest BCUT2D eigenvalue weighted by Gasteiger charge is -2.33. The fraction of sp³-hybridized carbons (Fsp3) is 0.545. The summed E-state index contributed by atoms with van der Waals surface area (Å²) < 4.78 is 0. The van der Waals surface area contributed by atoms with Gasteiger partial charge >= 0.3 is 0 Å². The van der Waals surface area contributed by atoms with Gasteiger partial charge in [-0.2, -0.15) is 5.26 Å². The van der Waals surface area contributed by atoms with E-state index in [0.717, 1.165) is 11.4 Å². The number of nitrogens with zero attached hydrogens (tertiary/aromatic N) is 2. The number of hydrogen-bond donors (Lipinski definition) is 1. The van der Waals surface area contributed by atoms with Gasteiger partial charge in [0, 0.05) is 22.3 Å². The third-order valence-electron chi connectivity index (χ3n) is 2.60. The number of hydrogen-bond acceptors (Lipinski definition) is 4. The molecule has 0 aromatic carbocycles. The second kappa shape index (κ2) is 4.75. The van der Waals surface area contributed by atoms with Crippen LogP contribution in [0.1, 0.15) is 24.3 Å². The standard InChI is InChI=1S/C11H16N2OS/c1-11(2,8-14)13(3)6-10-4-9(5-12)7-15-10/h4,7,14H,6,8H2,1-3H3. The molecule has 0 fully saturated rings. The van der Waals surface area contributed by atoms with E-state index in [0.29, 0.717) is 5.56 Å². The van der Waals surface area contributed by atoms with E-state index >= 15 is 0 Å². The van der Waals surface area contributed by atoms with Crippen LogP contribution in [-0.2, 0) is 6.54 Å². The molecule has 0 spiro atoms. The summed E-state index contributed by atoms with van der Waals surface area (Å²) in [7, 11) is 1.97. The largest absolute Gasteiger partial charge is 0.394 e. The lowest BCUT2D eigenvalue weighted by atomic mass is 10.1. The molecule has 1 rings (SSSR count). The van der Waals surface area contributed by atoms with E-state index in [9.17, 15) is 5.11 Å². The van der Waals surface area contributed by atoms with Gasteiger partial charge in [0.2, 0.25) is 0 Å². The van der Waals surface area contributed by atoms with Crippen molar-refractivity contribution >= 4 is 11.3 Å². The van der Waals surface area contributed by atoms with E-state index in [1.54, 1.807) is 11.3 Å². The highest BCUT2D eigenvalue weighted by Gasteiger charge is 2.22. The zero-order chi connectivity index (χ0) is 11.5. The van der Waals surface area contributed by atoms with E-state index in [-0.39, 0.29) is 12.1 Å². The summed E-state index contributed by atoms with van der Waals surface area (Å²) in [6, 6.07) is 4.01. The molecule has 0 saturated heterocycles. The van der Waals surface area contributed by atoms with Crippen molar-refractivity contribution in [2.75, 3.05) is 13.7 Å². The van der Waals surface area contributed by atoms with E-state index in [1.807, 2.05) is 32.3 Å². The molecule has 1 aromatic rings. The monoisotopic (exact) mass is 224 g/mol. The van der Waals surface area contributed by atoms with Crippen LogP contribution in [-0.4, -0.2) is 29.2 Å². The van der Waals surface area contributed by atoms with Crippen LogP contribution < -0.4 is 0 Å². The molecule has 0 aliphatic heterocycles. The summed E-state index contributed by atoms with van der Waals surface area (Å²) in [6.07, 6.45) is 0. The van der Waals surface area contributed by atoms with Crippen LogP contribution in [0.25, 0.3) is 0 Å². The van der Waals surface area contributed by atoms with E-state index in [2.05, 4.69) is 11.0 Å². The van der Waals surface area contributed by atoms with Crippen molar-refractivity contribution in [3.63, 3.8) is 0 Å². The SMILES string of the molecule is CN(Cc1cc(C#N)cs1)C(C)(C)CO. The fourth-order valence-electron chi connectivity index (χ4n) is 1.09. The third kappa shape index (κ3) is 3.03. The molecule has 0 radical (unpaired) electrons. The minimum Gasteiger partial charge on any atom is -0.394 e. The first-order chi connectivity index (χ1) is 6.99. The van der Waals surface area contributed by atoms with Gasteiger partial charge in [-0.25, -0.2) is 0 Å². The molecule has 82 valence electrons. The molecule has 0 aliphatic carbocycles. The van der Waals surface area contributed by atoms with Gasteiger partial charge in [0.15, 0.2) is 0 Å². The molecule has 0 saturated carbocycles. The maximum Gasteiger partial charge on any atom is 0.100 e. The lowest BCUT2D eigenvalue weighted by Crippen LogP contribution is -2.43. The Labute approximate surface area is 94.6 Å². The average Bonchev–Trinajstić information content (AvgIpc) is 2.65. The fourth-order valence-corrected chi connectivity index (χ4v) is 1.95. The molecule has 15 heavy (non-hydrogen) atoms. The summed E-state index contributed by atoms with van der Waals surface area (Å²) in [5.41, 5.74) is 0.488. The molecule has 0 atom stereocenters. The molecule has 1 heterocycles. The van der Waals surface area contributed by atoms with Gasteiger partial charge < -0.3 is 5.11 Å². The Bertz CT molecular complexity index is 365. The van der Waals surface area contributed by atoms with Crippen molar-refractivity contribution in [2.45, 2.75) is 25.9 Å². The van der Waals surface area contributed by atoms with Crippen LogP contribution in [0.2, 0.25) is 0 Å². The number of aliphatic hydroxyl groups excluding tert-OH is 1. The Kier molecular flexibility index (Phi) is 3.86. The highest BCUT2D eigenvalue weighted by Crippen LogP contribution is 2.20. The Morgan fingerprint density at radius 3 is 2.73 bits per heavy atom. The summed E-state index contributed by atoms with van der Waals surface area (Å²) in [6.45, 7) is 4.87. The van der Waals surface area contributed by atoms with Crippen LogP contribution in [0.3, 0.4) is 0 Å². The Hall–Kier alpha value is -0.890. The van der Waals surface area contributed by atoms with Crippen molar-refractivity contribution in [1.82, 2.24) is 4.90 Å². The first kappa shape index (κ1) is 12.2.